The highest BCUT2D eigenvalue weighted by molar-refractivity contribution is 6.39. The topological polar surface area (TPSA) is 58.2 Å². The van der Waals surface area contributed by atoms with Crippen molar-refractivity contribution in [1.82, 2.24) is 5.32 Å². The third kappa shape index (κ3) is 4.83. The molecule has 2 rings (SSSR count). The number of benzene rings is 2. The summed E-state index contributed by atoms with van der Waals surface area (Å²) in [6, 6.07) is 13.0. The Kier molecular flexibility index (Phi) is 5.77. The number of aryl methyl sites for hydroxylation is 1. The normalized spacial score (nSPS) is 10.2. The number of hydrogen-bond acceptors (Lipinski definition) is 2. The molecule has 0 saturated heterocycles. The van der Waals surface area contributed by atoms with E-state index in [2.05, 4.69) is 10.6 Å². The van der Waals surface area contributed by atoms with Gasteiger partial charge in [0.25, 0.3) is 0 Å². The summed E-state index contributed by atoms with van der Waals surface area (Å²) < 4.78 is 0. The van der Waals surface area contributed by atoms with E-state index < -0.39 is 11.8 Å². The van der Waals surface area contributed by atoms with Crippen LogP contribution in [0.3, 0.4) is 0 Å². The number of carbonyl (C=O) groups excluding carboxylic acids is 2. The molecule has 2 N–H and O–H groups in total. The molecule has 0 aliphatic carbocycles. The van der Waals surface area contributed by atoms with Crippen LogP contribution in [0.1, 0.15) is 16.7 Å². The van der Waals surface area contributed by atoms with Crippen LogP contribution in [0.5, 0.6) is 0 Å². The maximum Gasteiger partial charge on any atom is 0.313 e. The van der Waals surface area contributed by atoms with E-state index >= 15 is 0 Å². The largest absolute Gasteiger partial charge is 0.347 e. The minimum Gasteiger partial charge on any atom is -0.347 e. The minimum atomic E-state index is -0.658. The number of hydrogen-bond donors (Lipinski definition) is 2. The van der Waals surface area contributed by atoms with Gasteiger partial charge in [-0.15, -0.1) is 0 Å². The smallest absolute Gasteiger partial charge is 0.313 e. The summed E-state index contributed by atoms with van der Waals surface area (Å²) in [5.74, 6) is -1.30. The van der Waals surface area contributed by atoms with Crippen molar-refractivity contribution in [1.29, 1.82) is 0 Å². The monoisotopic (exact) mass is 330 g/mol. The van der Waals surface area contributed by atoms with E-state index in [1.807, 2.05) is 38.1 Å². The van der Waals surface area contributed by atoms with Gasteiger partial charge in [0.15, 0.2) is 0 Å². The van der Waals surface area contributed by atoms with Gasteiger partial charge in [-0.1, -0.05) is 35.9 Å². The van der Waals surface area contributed by atoms with Crippen molar-refractivity contribution in [2.45, 2.75) is 20.3 Å². The zero-order chi connectivity index (χ0) is 16.8. The van der Waals surface area contributed by atoms with Crippen LogP contribution in [0.2, 0.25) is 5.02 Å². The molecule has 0 bridgehead atoms. The number of carbonyl (C=O) groups is 2. The first-order valence-corrected chi connectivity index (χ1v) is 7.75. The standard InChI is InChI=1S/C18H19ClN2O2/c1-12-4-3-5-16(13(12)2)21-18(23)17(22)20-11-10-14-6-8-15(19)9-7-14/h3-9H,10-11H2,1-2H3,(H,20,22)(H,21,23). The van der Waals surface area contributed by atoms with Crippen molar-refractivity contribution in [2.24, 2.45) is 0 Å². The van der Waals surface area contributed by atoms with Crippen molar-refractivity contribution in [3.8, 4) is 0 Å². The highest BCUT2D eigenvalue weighted by Gasteiger charge is 2.14. The first-order chi connectivity index (χ1) is 11.0. The molecule has 0 aromatic heterocycles. The molecular formula is C18H19ClN2O2. The lowest BCUT2D eigenvalue weighted by molar-refractivity contribution is -0.136. The lowest BCUT2D eigenvalue weighted by atomic mass is 10.1. The highest BCUT2D eigenvalue weighted by Crippen LogP contribution is 2.17. The zero-order valence-corrected chi connectivity index (χ0v) is 13.9. The van der Waals surface area contributed by atoms with E-state index in [-0.39, 0.29) is 0 Å². The predicted octanol–water partition coefficient (Wildman–Crippen LogP) is 3.25. The van der Waals surface area contributed by atoms with Gasteiger partial charge in [-0.2, -0.15) is 0 Å². The molecule has 0 aliphatic rings. The minimum absolute atomic E-state index is 0.390. The Balaban J connectivity index is 1.84. The van der Waals surface area contributed by atoms with E-state index in [4.69, 9.17) is 11.6 Å². The summed E-state index contributed by atoms with van der Waals surface area (Å²) in [7, 11) is 0. The van der Waals surface area contributed by atoms with Crippen LogP contribution in [0.15, 0.2) is 42.5 Å². The molecular weight excluding hydrogens is 312 g/mol. The van der Waals surface area contributed by atoms with Gasteiger partial charge in [0.05, 0.1) is 0 Å². The quantitative estimate of drug-likeness (QED) is 0.845. The van der Waals surface area contributed by atoms with Crippen LogP contribution in [-0.4, -0.2) is 18.4 Å². The Labute approximate surface area is 140 Å². The van der Waals surface area contributed by atoms with Crippen molar-refractivity contribution < 1.29 is 9.59 Å². The molecule has 2 aromatic carbocycles. The van der Waals surface area contributed by atoms with E-state index in [0.717, 1.165) is 16.7 Å². The third-order valence-corrected chi connectivity index (χ3v) is 3.92. The van der Waals surface area contributed by atoms with Gasteiger partial charge in [-0.25, -0.2) is 0 Å². The van der Waals surface area contributed by atoms with Gasteiger partial charge in [0, 0.05) is 17.3 Å². The Morgan fingerprint density at radius 3 is 2.39 bits per heavy atom. The van der Waals surface area contributed by atoms with Gasteiger partial charge >= 0.3 is 11.8 Å². The molecule has 23 heavy (non-hydrogen) atoms. The Hall–Kier alpha value is -2.33. The van der Waals surface area contributed by atoms with Crippen LogP contribution in [0.25, 0.3) is 0 Å². The summed E-state index contributed by atoms with van der Waals surface area (Å²) in [6.07, 6.45) is 0.639. The lowest BCUT2D eigenvalue weighted by Crippen LogP contribution is -2.36. The zero-order valence-electron chi connectivity index (χ0n) is 13.2. The van der Waals surface area contributed by atoms with E-state index in [9.17, 15) is 9.59 Å². The molecule has 2 amide bonds. The van der Waals surface area contributed by atoms with E-state index in [1.165, 1.54) is 0 Å². The van der Waals surface area contributed by atoms with Crippen molar-refractivity contribution in [3.63, 3.8) is 0 Å². The Morgan fingerprint density at radius 1 is 1.00 bits per heavy atom. The fourth-order valence-electron chi connectivity index (χ4n) is 2.12. The molecule has 0 saturated carbocycles. The highest BCUT2D eigenvalue weighted by atomic mass is 35.5. The first kappa shape index (κ1) is 17.0. The fourth-order valence-corrected chi connectivity index (χ4v) is 2.24. The van der Waals surface area contributed by atoms with Gasteiger partial charge < -0.3 is 10.6 Å². The molecule has 0 atom stereocenters. The maximum atomic E-state index is 11.9. The summed E-state index contributed by atoms with van der Waals surface area (Å²) in [6.45, 7) is 4.25. The molecule has 0 spiro atoms. The van der Waals surface area contributed by atoms with Gasteiger partial charge in [0.2, 0.25) is 0 Å². The Morgan fingerprint density at radius 2 is 1.70 bits per heavy atom. The van der Waals surface area contributed by atoms with Crippen molar-refractivity contribution in [2.75, 3.05) is 11.9 Å². The molecule has 0 aliphatic heterocycles. The van der Waals surface area contributed by atoms with Crippen LogP contribution in [-0.2, 0) is 16.0 Å². The average Bonchev–Trinajstić information content (AvgIpc) is 2.53. The second kappa shape index (κ2) is 7.79. The number of anilines is 1. The van der Waals surface area contributed by atoms with Crippen LogP contribution < -0.4 is 10.6 Å². The van der Waals surface area contributed by atoms with Crippen molar-refractivity contribution >= 4 is 29.1 Å². The molecule has 0 heterocycles. The first-order valence-electron chi connectivity index (χ1n) is 7.37. The van der Waals surface area contributed by atoms with Crippen LogP contribution >= 0.6 is 11.6 Å². The summed E-state index contributed by atoms with van der Waals surface area (Å²) in [4.78, 5) is 23.8. The number of rotatable bonds is 4. The molecule has 0 fully saturated rings. The second-order valence-corrected chi connectivity index (χ2v) is 5.77. The van der Waals surface area contributed by atoms with Crippen LogP contribution in [0.4, 0.5) is 5.69 Å². The van der Waals surface area contributed by atoms with Crippen LogP contribution in [0, 0.1) is 13.8 Å². The van der Waals surface area contributed by atoms with E-state index in [0.29, 0.717) is 23.7 Å². The molecule has 2 aromatic rings. The SMILES string of the molecule is Cc1cccc(NC(=O)C(=O)NCCc2ccc(Cl)cc2)c1C. The maximum absolute atomic E-state index is 11.9. The third-order valence-electron chi connectivity index (χ3n) is 3.67. The molecule has 120 valence electrons. The second-order valence-electron chi connectivity index (χ2n) is 5.33. The van der Waals surface area contributed by atoms with Gasteiger partial charge in [0.1, 0.15) is 0 Å². The lowest BCUT2D eigenvalue weighted by Gasteiger charge is -2.10. The Bertz CT molecular complexity index is 711. The number of amides is 2. The molecule has 4 nitrogen and oxygen atoms in total. The van der Waals surface area contributed by atoms with Gasteiger partial charge in [-0.3, -0.25) is 9.59 Å². The average molecular weight is 331 g/mol. The predicted molar refractivity (Wildman–Crippen MR) is 92.7 cm³/mol. The number of nitrogens with one attached hydrogen (secondary N) is 2. The summed E-state index contributed by atoms with van der Waals surface area (Å²) in [5.41, 5.74) is 3.72. The fraction of sp³-hybridized carbons (Fsp3) is 0.222. The molecule has 0 unspecified atom stereocenters. The van der Waals surface area contributed by atoms with Gasteiger partial charge in [-0.05, 0) is 55.2 Å². The molecule has 5 heteroatoms. The van der Waals surface area contributed by atoms with Crippen molar-refractivity contribution in [3.05, 3.63) is 64.2 Å². The summed E-state index contributed by atoms with van der Waals surface area (Å²) >= 11 is 5.82. The van der Waals surface area contributed by atoms with E-state index in [1.54, 1.807) is 18.2 Å². The molecule has 0 radical (unpaired) electrons. The summed E-state index contributed by atoms with van der Waals surface area (Å²) in [5, 5.41) is 5.93. The number of halogens is 1.